The number of fused-ring (bicyclic) bond motifs is 2. The fraction of sp³-hybridized carbons (Fsp3) is 0.125. The van der Waals surface area contributed by atoms with Crippen LogP contribution in [-0.2, 0) is 0 Å². The average Bonchev–Trinajstić information content (AvgIpc) is 2.97. The molecule has 3 heterocycles. The van der Waals surface area contributed by atoms with Crippen molar-refractivity contribution in [2.75, 3.05) is 19.0 Å². The molecule has 6 nitrogen and oxygen atoms in total. The van der Waals surface area contributed by atoms with Crippen molar-refractivity contribution in [3.05, 3.63) is 42.7 Å². The number of rotatable bonds is 2. The molecule has 0 bridgehead atoms. The zero-order valence-corrected chi connectivity index (χ0v) is 12.3. The van der Waals surface area contributed by atoms with Gasteiger partial charge >= 0.3 is 0 Å². The monoisotopic (exact) mass is 290 g/mol. The molecule has 0 fully saturated rings. The van der Waals surface area contributed by atoms with E-state index >= 15 is 0 Å². The van der Waals surface area contributed by atoms with Crippen LogP contribution >= 0.6 is 0 Å². The minimum Gasteiger partial charge on any atom is -0.347 e. The number of aromatic nitrogens is 5. The number of nitrogens with zero attached hydrogens (tertiary/aromatic N) is 5. The topological polar surface area (TPSA) is 70.6 Å². The molecule has 3 aromatic heterocycles. The molecule has 1 aromatic carbocycles. The Labute approximate surface area is 126 Å². The van der Waals surface area contributed by atoms with Crippen LogP contribution in [0.2, 0.25) is 0 Å². The molecule has 22 heavy (non-hydrogen) atoms. The Morgan fingerprint density at radius 2 is 1.86 bits per heavy atom. The van der Waals surface area contributed by atoms with Crippen LogP contribution in [0.5, 0.6) is 0 Å². The smallest absolute Gasteiger partial charge is 0.226 e. The average molecular weight is 290 g/mol. The molecular weight excluding hydrogens is 276 g/mol. The Morgan fingerprint density at radius 1 is 1.00 bits per heavy atom. The van der Waals surface area contributed by atoms with Gasteiger partial charge in [0.2, 0.25) is 5.95 Å². The van der Waals surface area contributed by atoms with Gasteiger partial charge < -0.3 is 9.88 Å². The summed E-state index contributed by atoms with van der Waals surface area (Å²) in [6.07, 6.45) is 3.55. The molecule has 1 N–H and O–H groups in total. The third-order valence-corrected chi connectivity index (χ3v) is 3.51. The normalized spacial score (nSPS) is 11.2. The SMILES string of the molecule is CN(C)c1ncc2[nH]c(-c3cccc4cccnc34)nc2n1. The van der Waals surface area contributed by atoms with Gasteiger partial charge in [-0.1, -0.05) is 18.2 Å². The van der Waals surface area contributed by atoms with Crippen molar-refractivity contribution < 1.29 is 0 Å². The third kappa shape index (κ3) is 1.96. The van der Waals surface area contributed by atoms with Gasteiger partial charge in [-0.3, -0.25) is 4.98 Å². The second-order valence-electron chi connectivity index (χ2n) is 5.27. The summed E-state index contributed by atoms with van der Waals surface area (Å²) in [7, 11) is 3.81. The Morgan fingerprint density at radius 3 is 2.73 bits per heavy atom. The van der Waals surface area contributed by atoms with Crippen LogP contribution in [0, 0.1) is 0 Å². The summed E-state index contributed by atoms with van der Waals surface area (Å²) in [6, 6.07) is 10.0. The molecule has 0 unspecified atom stereocenters. The van der Waals surface area contributed by atoms with Crippen LogP contribution in [0.4, 0.5) is 5.95 Å². The summed E-state index contributed by atoms with van der Waals surface area (Å²) in [5, 5.41) is 1.08. The van der Waals surface area contributed by atoms with Gasteiger partial charge in [0.1, 0.15) is 11.3 Å². The van der Waals surface area contributed by atoms with Gasteiger partial charge in [0.15, 0.2) is 5.65 Å². The predicted octanol–water partition coefficient (Wildman–Crippen LogP) is 2.63. The van der Waals surface area contributed by atoms with Gasteiger partial charge in [0.25, 0.3) is 0 Å². The second-order valence-corrected chi connectivity index (χ2v) is 5.27. The van der Waals surface area contributed by atoms with Gasteiger partial charge in [-0.15, -0.1) is 0 Å². The highest BCUT2D eigenvalue weighted by molar-refractivity contribution is 5.93. The summed E-state index contributed by atoms with van der Waals surface area (Å²) in [5.74, 6) is 1.39. The number of nitrogens with one attached hydrogen (secondary N) is 1. The molecule has 0 aliphatic heterocycles. The highest BCUT2D eigenvalue weighted by atomic mass is 15.2. The lowest BCUT2D eigenvalue weighted by Gasteiger charge is -2.07. The van der Waals surface area contributed by atoms with Crippen molar-refractivity contribution in [2.45, 2.75) is 0 Å². The zero-order chi connectivity index (χ0) is 15.1. The molecular formula is C16H14N6. The Bertz CT molecular complexity index is 967. The molecule has 0 atom stereocenters. The minimum atomic E-state index is 0.640. The Kier molecular flexibility index (Phi) is 2.75. The van der Waals surface area contributed by atoms with E-state index in [4.69, 9.17) is 0 Å². The Balaban J connectivity index is 1.93. The number of aromatic amines is 1. The first-order valence-electron chi connectivity index (χ1n) is 6.96. The van der Waals surface area contributed by atoms with Crippen LogP contribution in [0.3, 0.4) is 0 Å². The number of H-pyrrole nitrogens is 1. The molecule has 0 saturated carbocycles. The van der Waals surface area contributed by atoms with E-state index in [1.54, 1.807) is 12.4 Å². The molecule has 108 valence electrons. The summed E-state index contributed by atoms with van der Waals surface area (Å²) in [4.78, 5) is 23.0. The molecule has 4 aromatic rings. The van der Waals surface area contributed by atoms with E-state index in [1.165, 1.54) is 0 Å². The number of pyridine rings is 1. The molecule has 0 radical (unpaired) electrons. The molecule has 4 rings (SSSR count). The highest BCUT2D eigenvalue weighted by Gasteiger charge is 2.11. The standard InChI is InChI=1S/C16H14N6/c1-22(2)16-18-9-12-15(21-16)20-14(19-12)11-7-3-5-10-6-4-8-17-13(10)11/h3-9H,1-2H3,(H,18,19,20,21). The quantitative estimate of drug-likeness (QED) is 0.614. The summed E-state index contributed by atoms with van der Waals surface area (Å²) in [5.41, 5.74) is 3.35. The van der Waals surface area contributed by atoms with Crippen molar-refractivity contribution in [1.82, 2.24) is 24.9 Å². The van der Waals surface area contributed by atoms with Gasteiger partial charge in [-0.2, -0.15) is 4.98 Å². The van der Waals surface area contributed by atoms with E-state index in [1.807, 2.05) is 49.3 Å². The fourth-order valence-corrected chi connectivity index (χ4v) is 2.44. The maximum atomic E-state index is 4.60. The second kappa shape index (κ2) is 4.77. The van der Waals surface area contributed by atoms with E-state index < -0.39 is 0 Å². The largest absolute Gasteiger partial charge is 0.347 e. The molecule has 0 saturated heterocycles. The van der Waals surface area contributed by atoms with E-state index in [9.17, 15) is 0 Å². The van der Waals surface area contributed by atoms with Gasteiger partial charge in [-0.25, -0.2) is 9.97 Å². The van der Waals surface area contributed by atoms with E-state index in [-0.39, 0.29) is 0 Å². The third-order valence-electron chi connectivity index (χ3n) is 3.51. The number of hydrogen-bond acceptors (Lipinski definition) is 5. The van der Waals surface area contributed by atoms with Gasteiger partial charge in [0, 0.05) is 31.2 Å². The van der Waals surface area contributed by atoms with Crippen LogP contribution < -0.4 is 4.90 Å². The van der Waals surface area contributed by atoms with Crippen LogP contribution in [0.25, 0.3) is 33.5 Å². The summed E-state index contributed by atoms with van der Waals surface area (Å²) >= 11 is 0. The minimum absolute atomic E-state index is 0.640. The molecule has 6 heteroatoms. The lowest BCUT2D eigenvalue weighted by molar-refractivity contribution is 1.01. The maximum absolute atomic E-state index is 4.60. The number of hydrogen-bond donors (Lipinski definition) is 1. The number of benzene rings is 1. The fourth-order valence-electron chi connectivity index (χ4n) is 2.44. The number of anilines is 1. The molecule has 0 spiro atoms. The van der Waals surface area contributed by atoms with Crippen molar-refractivity contribution in [2.24, 2.45) is 0 Å². The van der Waals surface area contributed by atoms with Gasteiger partial charge in [-0.05, 0) is 12.1 Å². The van der Waals surface area contributed by atoms with Crippen LogP contribution in [0.1, 0.15) is 0 Å². The predicted molar refractivity (Wildman–Crippen MR) is 86.7 cm³/mol. The van der Waals surface area contributed by atoms with E-state index in [0.29, 0.717) is 11.6 Å². The summed E-state index contributed by atoms with van der Waals surface area (Å²) in [6.45, 7) is 0. The number of imidazole rings is 1. The van der Waals surface area contributed by atoms with Crippen LogP contribution in [0.15, 0.2) is 42.7 Å². The molecule has 0 aliphatic rings. The first-order valence-corrected chi connectivity index (χ1v) is 6.96. The van der Waals surface area contributed by atoms with Crippen molar-refractivity contribution >= 4 is 28.0 Å². The van der Waals surface area contributed by atoms with E-state index in [0.717, 1.165) is 27.8 Å². The first-order chi connectivity index (χ1) is 10.7. The lowest BCUT2D eigenvalue weighted by atomic mass is 10.1. The molecule has 0 aliphatic carbocycles. The lowest BCUT2D eigenvalue weighted by Crippen LogP contribution is -2.12. The summed E-state index contributed by atoms with van der Waals surface area (Å²) < 4.78 is 0. The highest BCUT2D eigenvalue weighted by Crippen LogP contribution is 2.26. The van der Waals surface area contributed by atoms with E-state index in [2.05, 4.69) is 24.9 Å². The first kappa shape index (κ1) is 12.7. The maximum Gasteiger partial charge on any atom is 0.226 e. The van der Waals surface area contributed by atoms with Crippen LogP contribution in [-0.4, -0.2) is 39.0 Å². The zero-order valence-electron chi connectivity index (χ0n) is 12.3. The Hall–Kier alpha value is -3.02. The van der Waals surface area contributed by atoms with Crippen molar-refractivity contribution in [3.63, 3.8) is 0 Å². The number of para-hydroxylation sites is 1. The van der Waals surface area contributed by atoms with Gasteiger partial charge in [0.05, 0.1) is 11.7 Å². The van der Waals surface area contributed by atoms with Crippen molar-refractivity contribution in [3.8, 4) is 11.4 Å². The molecule has 0 amide bonds. The van der Waals surface area contributed by atoms with Crippen molar-refractivity contribution in [1.29, 1.82) is 0 Å².